The highest BCUT2D eigenvalue weighted by Gasteiger charge is 2.27. The summed E-state index contributed by atoms with van der Waals surface area (Å²) in [6.45, 7) is 2.05. The number of carbonyl (C=O) groups is 1. The van der Waals surface area contributed by atoms with E-state index in [9.17, 15) is 9.90 Å². The van der Waals surface area contributed by atoms with E-state index in [0.29, 0.717) is 18.8 Å². The number of halogens is 1. The van der Waals surface area contributed by atoms with E-state index >= 15 is 0 Å². The second-order valence-corrected chi connectivity index (χ2v) is 7.71. The Kier molecular flexibility index (Phi) is 10.2. The molecule has 3 atom stereocenters. The molecule has 1 aliphatic rings. The van der Waals surface area contributed by atoms with E-state index in [1.807, 2.05) is 6.92 Å². The maximum atomic E-state index is 12.3. The molecule has 4 nitrogen and oxygen atoms in total. The molecule has 4 N–H and O–H groups in total. The summed E-state index contributed by atoms with van der Waals surface area (Å²) in [5.74, 6) is 0.360. The third kappa shape index (κ3) is 7.26. The highest BCUT2D eigenvalue weighted by atomic mass is 35.5. The molecular formula is C21H35ClN2O2. The van der Waals surface area contributed by atoms with Crippen LogP contribution in [0.15, 0.2) is 24.3 Å². The summed E-state index contributed by atoms with van der Waals surface area (Å²) in [5, 5.41) is 13.3. The van der Waals surface area contributed by atoms with Gasteiger partial charge in [0, 0.05) is 19.0 Å². The van der Waals surface area contributed by atoms with Gasteiger partial charge < -0.3 is 16.2 Å². The minimum atomic E-state index is -0.630. The van der Waals surface area contributed by atoms with Gasteiger partial charge in [-0.3, -0.25) is 4.79 Å². The van der Waals surface area contributed by atoms with Gasteiger partial charge in [-0.15, -0.1) is 12.4 Å². The number of hydrogen-bond donors (Lipinski definition) is 3. The molecular weight excluding hydrogens is 348 g/mol. The Labute approximate surface area is 164 Å². The fraction of sp³-hybridized carbons (Fsp3) is 0.667. The maximum Gasteiger partial charge on any atom is 0.223 e. The molecule has 0 aromatic heterocycles. The van der Waals surface area contributed by atoms with E-state index in [4.69, 9.17) is 5.73 Å². The molecule has 1 amide bonds. The number of rotatable bonds is 8. The van der Waals surface area contributed by atoms with Crippen molar-refractivity contribution < 1.29 is 9.90 Å². The molecule has 26 heavy (non-hydrogen) atoms. The second kappa shape index (κ2) is 11.6. The molecule has 1 aliphatic carbocycles. The molecule has 5 heteroatoms. The van der Waals surface area contributed by atoms with Crippen LogP contribution in [0.2, 0.25) is 0 Å². The van der Waals surface area contributed by atoms with Gasteiger partial charge in [0.05, 0.1) is 6.10 Å². The summed E-state index contributed by atoms with van der Waals surface area (Å²) in [5.41, 5.74) is 8.59. The maximum absolute atomic E-state index is 12.3. The van der Waals surface area contributed by atoms with Gasteiger partial charge in [-0.25, -0.2) is 0 Å². The lowest BCUT2D eigenvalue weighted by atomic mass is 9.82. The number of hydrogen-bond acceptors (Lipinski definition) is 3. The van der Waals surface area contributed by atoms with Crippen molar-refractivity contribution in [3.63, 3.8) is 0 Å². The molecule has 0 aliphatic heterocycles. The van der Waals surface area contributed by atoms with Gasteiger partial charge in [-0.05, 0) is 37.7 Å². The summed E-state index contributed by atoms with van der Waals surface area (Å²) in [6, 6.07) is 7.98. The van der Waals surface area contributed by atoms with Crippen LogP contribution in [0.3, 0.4) is 0 Å². The minimum absolute atomic E-state index is 0. The van der Waals surface area contributed by atoms with Crippen LogP contribution in [-0.4, -0.2) is 30.2 Å². The monoisotopic (exact) mass is 382 g/mol. The van der Waals surface area contributed by atoms with E-state index in [2.05, 4.69) is 29.6 Å². The first-order valence-electron chi connectivity index (χ1n) is 9.70. The average molecular weight is 383 g/mol. The number of aliphatic hydroxyl groups excluding tert-OH is 1. The number of benzene rings is 1. The highest BCUT2D eigenvalue weighted by molar-refractivity contribution is 5.85. The molecule has 1 saturated carbocycles. The van der Waals surface area contributed by atoms with Crippen LogP contribution in [0.1, 0.15) is 56.1 Å². The van der Waals surface area contributed by atoms with Crippen LogP contribution in [0.5, 0.6) is 0 Å². The van der Waals surface area contributed by atoms with Crippen molar-refractivity contribution in [2.45, 2.75) is 70.4 Å². The van der Waals surface area contributed by atoms with Crippen LogP contribution < -0.4 is 11.1 Å². The lowest BCUT2D eigenvalue weighted by Crippen LogP contribution is -2.41. The van der Waals surface area contributed by atoms with E-state index in [-0.39, 0.29) is 30.3 Å². The third-order valence-corrected chi connectivity index (χ3v) is 5.57. The molecule has 0 heterocycles. The lowest BCUT2D eigenvalue weighted by molar-refractivity contribution is -0.125. The molecule has 1 aromatic carbocycles. The molecule has 1 fully saturated rings. The Morgan fingerprint density at radius 2 is 1.85 bits per heavy atom. The number of aliphatic hydroxyl groups is 1. The van der Waals surface area contributed by atoms with E-state index in [1.54, 1.807) is 7.05 Å². The first kappa shape index (κ1) is 22.9. The molecule has 2 rings (SSSR count). The Morgan fingerprint density at radius 1 is 1.23 bits per heavy atom. The quantitative estimate of drug-likeness (QED) is 0.645. The molecule has 0 radical (unpaired) electrons. The fourth-order valence-electron chi connectivity index (χ4n) is 3.93. The predicted octanol–water partition coefficient (Wildman–Crippen LogP) is 3.37. The number of nitrogens with two attached hydrogens (primary N) is 1. The van der Waals surface area contributed by atoms with Gasteiger partial charge in [-0.1, -0.05) is 61.9 Å². The van der Waals surface area contributed by atoms with Crippen LogP contribution in [-0.2, 0) is 11.2 Å². The van der Waals surface area contributed by atoms with Crippen LogP contribution >= 0.6 is 12.4 Å². The minimum Gasteiger partial charge on any atom is -0.391 e. The first-order valence-corrected chi connectivity index (χ1v) is 9.70. The Hall–Kier alpha value is -1.10. The summed E-state index contributed by atoms with van der Waals surface area (Å²) in [4.78, 5) is 12.3. The topological polar surface area (TPSA) is 75.3 Å². The van der Waals surface area contributed by atoms with Crippen LogP contribution in [0.25, 0.3) is 0 Å². The van der Waals surface area contributed by atoms with Gasteiger partial charge in [0.25, 0.3) is 0 Å². The third-order valence-electron chi connectivity index (χ3n) is 5.57. The van der Waals surface area contributed by atoms with Crippen molar-refractivity contribution in [3.05, 3.63) is 35.4 Å². The Morgan fingerprint density at radius 3 is 2.42 bits per heavy atom. The largest absolute Gasteiger partial charge is 0.391 e. The molecule has 0 bridgehead atoms. The summed E-state index contributed by atoms with van der Waals surface area (Å²) in [6.07, 6.45) is 7.62. The van der Waals surface area contributed by atoms with Crippen LogP contribution in [0.4, 0.5) is 0 Å². The highest BCUT2D eigenvalue weighted by Crippen LogP contribution is 2.28. The summed E-state index contributed by atoms with van der Waals surface area (Å²) >= 11 is 0. The fourth-order valence-corrected chi connectivity index (χ4v) is 3.93. The lowest BCUT2D eigenvalue weighted by Gasteiger charge is -2.28. The van der Waals surface area contributed by atoms with E-state index < -0.39 is 6.10 Å². The Balaban J connectivity index is 0.00000338. The normalized spacial score (nSPS) is 18.5. The van der Waals surface area contributed by atoms with Gasteiger partial charge in [0.15, 0.2) is 0 Å². The number of nitrogens with one attached hydrogen (secondary N) is 1. The smallest absolute Gasteiger partial charge is 0.223 e. The average Bonchev–Trinajstić information content (AvgIpc) is 2.63. The van der Waals surface area contributed by atoms with Crippen molar-refractivity contribution in [1.29, 1.82) is 0 Å². The van der Waals surface area contributed by atoms with Crippen molar-refractivity contribution in [2.24, 2.45) is 17.6 Å². The SMILES string of the molecule is CNC(=O)[C@H](Cc1ccc(C)cc1)C[C@H](O)[C@@H](N)CC1CCCCC1.Cl. The van der Waals surface area contributed by atoms with E-state index in [0.717, 1.165) is 12.0 Å². The predicted molar refractivity (Wildman–Crippen MR) is 109 cm³/mol. The first-order chi connectivity index (χ1) is 12.0. The van der Waals surface area contributed by atoms with Crippen molar-refractivity contribution >= 4 is 18.3 Å². The number of aryl methyl sites for hydroxylation is 1. The summed E-state index contributed by atoms with van der Waals surface area (Å²) < 4.78 is 0. The molecule has 0 unspecified atom stereocenters. The molecule has 0 spiro atoms. The van der Waals surface area contributed by atoms with Crippen molar-refractivity contribution in [1.82, 2.24) is 5.32 Å². The van der Waals surface area contributed by atoms with Gasteiger partial charge >= 0.3 is 0 Å². The molecule has 0 saturated heterocycles. The second-order valence-electron chi connectivity index (χ2n) is 7.71. The Bertz CT molecular complexity index is 529. The van der Waals surface area contributed by atoms with Crippen molar-refractivity contribution in [2.75, 3.05) is 7.05 Å². The van der Waals surface area contributed by atoms with E-state index in [1.165, 1.54) is 37.7 Å². The zero-order chi connectivity index (χ0) is 18.2. The molecule has 1 aromatic rings. The van der Waals surface area contributed by atoms with Crippen LogP contribution in [0, 0.1) is 18.8 Å². The van der Waals surface area contributed by atoms with Gasteiger partial charge in [0.2, 0.25) is 5.91 Å². The zero-order valence-electron chi connectivity index (χ0n) is 16.1. The number of carbonyl (C=O) groups excluding carboxylic acids is 1. The number of amides is 1. The molecule has 148 valence electrons. The van der Waals surface area contributed by atoms with Crippen molar-refractivity contribution in [3.8, 4) is 0 Å². The summed E-state index contributed by atoms with van der Waals surface area (Å²) in [7, 11) is 1.65. The van der Waals surface area contributed by atoms with Gasteiger partial charge in [0.1, 0.15) is 0 Å². The standard InChI is InChI=1S/C21H34N2O2.ClH/c1-15-8-10-17(11-9-15)12-18(21(25)23-2)14-20(24)19(22)13-16-6-4-3-5-7-16;/h8-11,16,18-20,24H,3-7,12-14,22H2,1-2H3,(H,23,25);1H/t18-,19+,20+;/m1./s1. The van der Waals surface area contributed by atoms with Gasteiger partial charge in [-0.2, -0.15) is 0 Å². The zero-order valence-corrected chi connectivity index (χ0v) is 16.9.